The molecular weight excluding hydrogens is 370 g/mol. The maximum absolute atomic E-state index is 12.3. The van der Waals surface area contributed by atoms with Crippen molar-refractivity contribution in [2.24, 2.45) is 5.92 Å². The molecule has 2 aromatic rings. The molecule has 1 aliphatic heterocycles. The zero-order chi connectivity index (χ0) is 21.0. The Kier molecular flexibility index (Phi) is 6.15. The van der Waals surface area contributed by atoms with E-state index < -0.39 is 11.6 Å². The second-order valence-corrected chi connectivity index (χ2v) is 8.41. The third-order valence-corrected chi connectivity index (χ3v) is 4.80. The van der Waals surface area contributed by atoms with Gasteiger partial charge in [0.05, 0.1) is 23.1 Å². The monoisotopic (exact) mass is 397 g/mol. The molecule has 1 aliphatic rings. The fourth-order valence-electron chi connectivity index (χ4n) is 3.41. The molecule has 1 N–H and O–H groups in total. The number of nitrogens with zero attached hydrogens (tertiary/aromatic N) is 3. The molecule has 0 spiro atoms. The van der Waals surface area contributed by atoms with Gasteiger partial charge in [-0.2, -0.15) is 0 Å². The predicted octanol–water partition coefficient (Wildman–Crippen LogP) is 4.03. The second-order valence-electron chi connectivity index (χ2n) is 8.41. The molecule has 0 aliphatic carbocycles. The molecule has 1 saturated heterocycles. The molecule has 1 aromatic carbocycles. The quantitative estimate of drug-likeness (QED) is 0.837. The van der Waals surface area contributed by atoms with Gasteiger partial charge in [0.25, 0.3) is 0 Å². The van der Waals surface area contributed by atoms with Gasteiger partial charge < -0.3 is 14.7 Å². The number of carboxylic acid groups (broad SMARTS) is 1. The number of hydrogen-bond acceptors (Lipinski definition) is 5. The average Bonchev–Trinajstić information content (AvgIpc) is 2.67. The molecule has 7 heteroatoms. The van der Waals surface area contributed by atoms with Crippen LogP contribution in [0.25, 0.3) is 11.3 Å². The van der Waals surface area contributed by atoms with Crippen molar-refractivity contribution in [2.45, 2.75) is 45.6 Å². The van der Waals surface area contributed by atoms with E-state index in [2.05, 4.69) is 9.97 Å². The van der Waals surface area contributed by atoms with Gasteiger partial charge in [0.15, 0.2) is 0 Å². The SMILES string of the molecule is CC(C)(C)OC(=O)N1CCCC(Cc2cnc(-c3ccc(C(=O)O)cc3)cn2)C1. The Morgan fingerprint density at radius 2 is 1.90 bits per heavy atom. The van der Waals surface area contributed by atoms with Gasteiger partial charge in [-0.25, -0.2) is 9.59 Å². The molecule has 1 unspecified atom stereocenters. The maximum Gasteiger partial charge on any atom is 0.410 e. The van der Waals surface area contributed by atoms with Crippen molar-refractivity contribution in [3.8, 4) is 11.3 Å². The Bertz CT molecular complexity index is 857. The summed E-state index contributed by atoms with van der Waals surface area (Å²) >= 11 is 0. The van der Waals surface area contributed by atoms with Crippen LogP contribution in [-0.2, 0) is 11.2 Å². The third kappa shape index (κ3) is 5.76. The molecule has 0 radical (unpaired) electrons. The smallest absolute Gasteiger partial charge is 0.410 e. The van der Waals surface area contributed by atoms with E-state index in [4.69, 9.17) is 9.84 Å². The fourth-order valence-corrected chi connectivity index (χ4v) is 3.41. The number of rotatable bonds is 4. The fraction of sp³-hybridized carbons (Fsp3) is 0.455. The second kappa shape index (κ2) is 8.59. The molecule has 1 fully saturated rings. The standard InChI is InChI=1S/C22H27N3O4/c1-22(2,3)29-21(28)25-10-4-5-15(14-25)11-18-12-24-19(13-23-18)16-6-8-17(9-7-16)20(26)27/h6-9,12-13,15H,4-5,10-11,14H2,1-3H3,(H,26,27). The van der Waals surface area contributed by atoms with Gasteiger partial charge in [0.1, 0.15) is 5.60 Å². The van der Waals surface area contributed by atoms with Crippen molar-refractivity contribution >= 4 is 12.1 Å². The van der Waals surface area contributed by atoms with Crippen LogP contribution in [0, 0.1) is 5.92 Å². The first-order chi connectivity index (χ1) is 13.7. The average molecular weight is 397 g/mol. The number of likely N-dealkylation sites (tertiary alicyclic amines) is 1. The summed E-state index contributed by atoms with van der Waals surface area (Å²) in [6.45, 7) is 7.01. The minimum Gasteiger partial charge on any atom is -0.478 e. The summed E-state index contributed by atoms with van der Waals surface area (Å²) in [4.78, 5) is 34.1. The number of piperidine rings is 1. The molecule has 3 rings (SSSR count). The highest BCUT2D eigenvalue weighted by molar-refractivity contribution is 5.88. The molecule has 0 saturated carbocycles. The van der Waals surface area contributed by atoms with Crippen molar-refractivity contribution in [1.82, 2.24) is 14.9 Å². The number of carbonyl (C=O) groups is 2. The number of carbonyl (C=O) groups excluding carboxylic acids is 1. The molecule has 29 heavy (non-hydrogen) atoms. The first-order valence-electron chi connectivity index (χ1n) is 9.84. The Hall–Kier alpha value is -2.96. The molecule has 0 bridgehead atoms. The van der Waals surface area contributed by atoms with Crippen LogP contribution in [0.2, 0.25) is 0 Å². The Morgan fingerprint density at radius 1 is 1.17 bits per heavy atom. The lowest BCUT2D eigenvalue weighted by Gasteiger charge is -2.34. The normalized spacial score (nSPS) is 17.1. The van der Waals surface area contributed by atoms with Gasteiger partial charge in [0, 0.05) is 24.8 Å². The van der Waals surface area contributed by atoms with Crippen LogP contribution in [0.1, 0.15) is 49.7 Å². The van der Waals surface area contributed by atoms with E-state index in [1.165, 1.54) is 0 Å². The Labute approximate surface area is 170 Å². The number of carboxylic acids is 1. The molecule has 7 nitrogen and oxygen atoms in total. The van der Waals surface area contributed by atoms with E-state index in [0.717, 1.165) is 37.1 Å². The lowest BCUT2D eigenvalue weighted by atomic mass is 9.93. The molecule has 1 atom stereocenters. The van der Waals surface area contributed by atoms with E-state index >= 15 is 0 Å². The third-order valence-electron chi connectivity index (χ3n) is 4.80. The summed E-state index contributed by atoms with van der Waals surface area (Å²) in [5.41, 5.74) is 2.15. The number of aromatic carboxylic acids is 1. The topological polar surface area (TPSA) is 92.6 Å². The summed E-state index contributed by atoms with van der Waals surface area (Å²) in [5, 5.41) is 8.99. The number of hydrogen-bond donors (Lipinski definition) is 1. The van der Waals surface area contributed by atoms with Gasteiger partial charge in [-0.3, -0.25) is 9.97 Å². The van der Waals surface area contributed by atoms with E-state index in [1.807, 2.05) is 20.8 Å². The highest BCUT2D eigenvalue weighted by Gasteiger charge is 2.27. The largest absolute Gasteiger partial charge is 0.478 e. The van der Waals surface area contributed by atoms with Gasteiger partial charge in [-0.05, 0) is 58.1 Å². The molecule has 1 amide bonds. The zero-order valence-corrected chi connectivity index (χ0v) is 17.1. The van der Waals surface area contributed by atoms with Gasteiger partial charge in [-0.1, -0.05) is 12.1 Å². The summed E-state index contributed by atoms with van der Waals surface area (Å²) in [6.07, 6.45) is 5.95. The van der Waals surface area contributed by atoms with Crippen LogP contribution in [-0.4, -0.2) is 50.7 Å². The molecule has 154 valence electrons. The Morgan fingerprint density at radius 3 is 2.48 bits per heavy atom. The van der Waals surface area contributed by atoms with Crippen LogP contribution in [0.5, 0.6) is 0 Å². The summed E-state index contributed by atoms with van der Waals surface area (Å²) in [6, 6.07) is 6.57. The Balaban J connectivity index is 1.60. The first kappa shape index (κ1) is 20.8. The van der Waals surface area contributed by atoms with Crippen molar-refractivity contribution in [1.29, 1.82) is 0 Å². The number of aromatic nitrogens is 2. The van der Waals surface area contributed by atoms with Crippen molar-refractivity contribution in [3.63, 3.8) is 0 Å². The summed E-state index contributed by atoms with van der Waals surface area (Å²) in [7, 11) is 0. The first-order valence-corrected chi connectivity index (χ1v) is 9.84. The zero-order valence-electron chi connectivity index (χ0n) is 17.1. The van der Waals surface area contributed by atoms with Crippen LogP contribution in [0.15, 0.2) is 36.7 Å². The van der Waals surface area contributed by atoms with Crippen molar-refractivity contribution in [3.05, 3.63) is 47.9 Å². The lowest BCUT2D eigenvalue weighted by Crippen LogP contribution is -2.43. The maximum atomic E-state index is 12.3. The van der Waals surface area contributed by atoms with E-state index in [1.54, 1.807) is 41.6 Å². The van der Waals surface area contributed by atoms with Crippen molar-refractivity contribution < 1.29 is 19.4 Å². The van der Waals surface area contributed by atoms with Crippen LogP contribution < -0.4 is 0 Å². The van der Waals surface area contributed by atoms with Crippen LogP contribution in [0.3, 0.4) is 0 Å². The summed E-state index contributed by atoms with van der Waals surface area (Å²) in [5.74, 6) is -0.628. The minimum absolute atomic E-state index is 0.241. The summed E-state index contributed by atoms with van der Waals surface area (Å²) < 4.78 is 5.49. The highest BCUT2D eigenvalue weighted by Crippen LogP contribution is 2.23. The van der Waals surface area contributed by atoms with E-state index in [9.17, 15) is 9.59 Å². The molecule has 1 aromatic heterocycles. The van der Waals surface area contributed by atoms with Gasteiger partial charge >= 0.3 is 12.1 Å². The van der Waals surface area contributed by atoms with E-state index in [-0.39, 0.29) is 11.7 Å². The molecule has 2 heterocycles. The van der Waals surface area contributed by atoms with E-state index in [0.29, 0.717) is 18.2 Å². The minimum atomic E-state index is -0.953. The van der Waals surface area contributed by atoms with Gasteiger partial charge in [0.2, 0.25) is 0 Å². The van der Waals surface area contributed by atoms with Crippen LogP contribution in [0.4, 0.5) is 4.79 Å². The number of ether oxygens (including phenoxy) is 1. The number of amides is 1. The predicted molar refractivity (Wildman–Crippen MR) is 109 cm³/mol. The number of benzene rings is 1. The van der Waals surface area contributed by atoms with Crippen LogP contribution >= 0.6 is 0 Å². The van der Waals surface area contributed by atoms with Crippen molar-refractivity contribution in [2.75, 3.05) is 13.1 Å². The molecular formula is C22H27N3O4. The highest BCUT2D eigenvalue weighted by atomic mass is 16.6. The lowest BCUT2D eigenvalue weighted by molar-refractivity contribution is 0.0165. The van der Waals surface area contributed by atoms with Gasteiger partial charge in [-0.15, -0.1) is 0 Å².